The molecule has 3 saturated heterocycles. The third-order valence-electron chi connectivity index (χ3n) is 6.93. The number of nitrogens with zero attached hydrogens (tertiary/aromatic N) is 1. The van der Waals surface area contributed by atoms with E-state index in [0.717, 1.165) is 17.4 Å². The third-order valence-corrected chi connectivity index (χ3v) is 7.43. The van der Waals surface area contributed by atoms with Gasteiger partial charge < -0.3 is 10.1 Å². The molecule has 1 aromatic carbocycles. The molecule has 25 heavy (non-hydrogen) atoms. The lowest BCUT2D eigenvalue weighted by atomic mass is 9.77. The Morgan fingerprint density at radius 1 is 1.24 bits per heavy atom. The Morgan fingerprint density at radius 3 is 2.72 bits per heavy atom. The highest BCUT2D eigenvalue weighted by Gasteiger charge is 2.53. The SMILES string of the molecule is O=C(NC1c2cc(Br)ccc2CCC12CC2)O[C@H]1CN2CCC1CC2. The van der Waals surface area contributed by atoms with Crippen LogP contribution in [0.5, 0.6) is 0 Å². The minimum absolute atomic E-state index is 0.0724. The Labute approximate surface area is 157 Å². The molecule has 1 amide bonds. The van der Waals surface area contributed by atoms with Crippen molar-refractivity contribution in [3.05, 3.63) is 33.8 Å². The lowest BCUT2D eigenvalue weighted by Crippen LogP contribution is -2.53. The number of hydrogen-bond donors (Lipinski definition) is 1. The summed E-state index contributed by atoms with van der Waals surface area (Å²) in [6.07, 6.45) is 6.91. The molecule has 1 N–H and O–H groups in total. The van der Waals surface area contributed by atoms with Crippen LogP contribution < -0.4 is 5.32 Å². The van der Waals surface area contributed by atoms with E-state index in [1.165, 1.54) is 56.3 Å². The van der Waals surface area contributed by atoms with Gasteiger partial charge in [-0.2, -0.15) is 0 Å². The van der Waals surface area contributed by atoms with Crippen molar-refractivity contribution in [1.29, 1.82) is 0 Å². The second kappa shape index (κ2) is 5.98. The summed E-state index contributed by atoms with van der Waals surface area (Å²) in [6, 6.07) is 6.59. The Balaban J connectivity index is 1.33. The molecule has 1 spiro atoms. The van der Waals surface area contributed by atoms with E-state index in [2.05, 4.69) is 44.3 Å². The normalized spacial score (nSPS) is 34.4. The van der Waals surface area contributed by atoms with Crippen molar-refractivity contribution in [3.8, 4) is 0 Å². The summed E-state index contributed by atoms with van der Waals surface area (Å²) in [5, 5.41) is 3.26. The van der Waals surface area contributed by atoms with Crippen LogP contribution in [0, 0.1) is 11.3 Å². The van der Waals surface area contributed by atoms with Gasteiger partial charge in [0.25, 0.3) is 0 Å². The maximum atomic E-state index is 12.7. The quantitative estimate of drug-likeness (QED) is 0.808. The molecule has 0 radical (unpaired) electrons. The first-order chi connectivity index (χ1) is 12.1. The van der Waals surface area contributed by atoms with E-state index in [9.17, 15) is 4.79 Å². The number of benzene rings is 1. The maximum absolute atomic E-state index is 12.7. The number of rotatable bonds is 2. The standard InChI is InChI=1S/C20H25BrN2O2/c21-15-2-1-13-3-6-20(7-8-20)18(16(13)11-15)22-19(24)25-17-12-23-9-4-14(17)5-10-23/h1-2,11,14,17-18H,3-10,12H2,(H,22,24)/t17-,18?/m0/s1. The maximum Gasteiger partial charge on any atom is 0.407 e. The van der Waals surface area contributed by atoms with Crippen molar-refractivity contribution in [2.24, 2.45) is 11.3 Å². The zero-order valence-electron chi connectivity index (χ0n) is 14.5. The Hall–Kier alpha value is -1.07. The highest BCUT2D eigenvalue weighted by molar-refractivity contribution is 9.10. The number of carbonyl (C=O) groups is 1. The Kier molecular flexibility index (Phi) is 3.86. The van der Waals surface area contributed by atoms with Crippen molar-refractivity contribution >= 4 is 22.0 Å². The fourth-order valence-electron chi connectivity index (χ4n) is 5.18. The number of piperidine rings is 3. The van der Waals surface area contributed by atoms with Crippen LogP contribution in [0.15, 0.2) is 22.7 Å². The van der Waals surface area contributed by atoms with Crippen molar-refractivity contribution in [3.63, 3.8) is 0 Å². The van der Waals surface area contributed by atoms with E-state index in [4.69, 9.17) is 4.74 Å². The van der Waals surface area contributed by atoms with Crippen LogP contribution in [0.1, 0.15) is 49.3 Å². The number of ether oxygens (including phenoxy) is 1. The molecule has 2 atom stereocenters. The second-order valence-electron chi connectivity index (χ2n) is 8.36. The summed E-state index contributed by atoms with van der Waals surface area (Å²) in [5.41, 5.74) is 2.92. The van der Waals surface area contributed by atoms with Crippen LogP contribution in [0.25, 0.3) is 0 Å². The number of fused-ring (bicyclic) bond motifs is 4. The summed E-state index contributed by atoms with van der Waals surface area (Å²) >= 11 is 3.59. The highest BCUT2D eigenvalue weighted by Crippen LogP contribution is 2.61. The van der Waals surface area contributed by atoms with Gasteiger partial charge in [0, 0.05) is 11.0 Å². The molecule has 4 nitrogen and oxygen atoms in total. The lowest BCUT2D eigenvalue weighted by molar-refractivity contribution is -0.0347. The molecule has 2 aliphatic carbocycles. The lowest BCUT2D eigenvalue weighted by Gasteiger charge is -2.44. The average Bonchev–Trinajstić information content (AvgIpc) is 3.39. The van der Waals surface area contributed by atoms with Gasteiger partial charge in [0.05, 0.1) is 6.04 Å². The van der Waals surface area contributed by atoms with E-state index in [1.54, 1.807) is 0 Å². The van der Waals surface area contributed by atoms with E-state index in [1.807, 2.05) is 0 Å². The van der Waals surface area contributed by atoms with E-state index < -0.39 is 0 Å². The molecule has 6 rings (SSSR count). The van der Waals surface area contributed by atoms with Crippen molar-refractivity contribution in [2.75, 3.05) is 19.6 Å². The van der Waals surface area contributed by atoms with Gasteiger partial charge in [-0.3, -0.25) is 4.90 Å². The highest BCUT2D eigenvalue weighted by atomic mass is 79.9. The first-order valence-electron chi connectivity index (χ1n) is 9.61. The minimum Gasteiger partial charge on any atom is -0.445 e. The molecule has 2 bridgehead atoms. The Morgan fingerprint density at radius 2 is 2.04 bits per heavy atom. The molecule has 134 valence electrons. The molecule has 5 heteroatoms. The van der Waals surface area contributed by atoms with E-state index >= 15 is 0 Å². The number of alkyl carbamates (subject to hydrolysis) is 1. The molecule has 4 fully saturated rings. The Bertz CT molecular complexity index is 695. The zero-order valence-corrected chi connectivity index (χ0v) is 16.1. The van der Waals surface area contributed by atoms with Gasteiger partial charge in [0.1, 0.15) is 6.10 Å². The second-order valence-corrected chi connectivity index (χ2v) is 9.28. The van der Waals surface area contributed by atoms with Crippen LogP contribution in [0.2, 0.25) is 0 Å². The average molecular weight is 405 g/mol. The molecular formula is C20H25BrN2O2. The van der Waals surface area contributed by atoms with E-state index in [-0.39, 0.29) is 23.7 Å². The van der Waals surface area contributed by atoms with Crippen LogP contribution in [0.4, 0.5) is 4.79 Å². The molecular weight excluding hydrogens is 380 g/mol. The van der Waals surface area contributed by atoms with Crippen LogP contribution >= 0.6 is 15.9 Å². The molecule has 5 aliphatic rings. The summed E-state index contributed by atoms with van der Waals surface area (Å²) in [4.78, 5) is 15.1. The van der Waals surface area contributed by atoms with Gasteiger partial charge in [0.2, 0.25) is 0 Å². The molecule has 1 saturated carbocycles. The molecule has 3 aliphatic heterocycles. The fourth-order valence-corrected chi connectivity index (χ4v) is 5.56. The summed E-state index contributed by atoms with van der Waals surface area (Å²) in [7, 11) is 0. The van der Waals surface area contributed by atoms with Crippen molar-refractivity contribution in [2.45, 2.75) is 50.7 Å². The predicted molar refractivity (Wildman–Crippen MR) is 99.4 cm³/mol. The monoisotopic (exact) mass is 404 g/mol. The molecule has 1 aromatic rings. The first kappa shape index (κ1) is 16.1. The van der Waals surface area contributed by atoms with Gasteiger partial charge in [-0.1, -0.05) is 22.0 Å². The molecule has 1 unspecified atom stereocenters. The van der Waals surface area contributed by atoms with Crippen LogP contribution in [-0.4, -0.2) is 36.7 Å². The van der Waals surface area contributed by atoms with Gasteiger partial charge in [0.15, 0.2) is 0 Å². The summed E-state index contributed by atoms with van der Waals surface area (Å²) in [5.74, 6) is 0.554. The number of aryl methyl sites for hydroxylation is 1. The predicted octanol–water partition coefficient (Wildman–Crippen LogP) is 4.04. The van der Waals surface area contributed by atoms with Gasteiger partial charge in [-0.05, 0) is 86.2 Å². The van der Waals surface area contributed by atoms with Crippen LogP contribution in [-0.2, 0) is 11.2 Å². The number of nitrogens with one attached hydrogen (secondary N) is 1. The van der Waals surface area contributed by atoms with Gasteiger partial charge >= 0.3 is 6.09 Å². The largest absolute Gasteiger partial charge is 0.445 e. The number of halogens is 1. The van der Waals surface area contributed by atoms with Gasteiger partial charge in [-0.25, -0.2) is 4.79 Å². The summed E-state index contributed by atoms with van der Waals surface area (Å²) in [6.45, 7) is 3.24. The smallest absolute Gasteiger partial charge is 0.407 e. The van der Waals surface area contributed by atoms with Crippen molar-refractivity contribution in [1.82, 2.24) is 10.2 Å². The molecule has 3 heterocycles. The van der Waals surface area contributed by atoms with Crippen molar-refractivity contribution < 1.29 is 9.53 Å². The van der Waals surface area contributed by atoms with Gasteiger partial charge in [-0.15, -0.1) is 0 Å². The first-order valence-corrected chi connectivity index (χ1v) is 10.4. The fraction of sp³-hybridized carbons (Fsp3) is 0.650. The van der Waals surface area contributed by atoms with E-state index in [0.29, 0.717) is 5.92 Å². The third kappa shape index (κ3) is 2.89. The zero-order chi connectivity index (χ0) is 17.0. The number of amides is 1. The number of hydrogen-bond acceptors (Lipinski definition) is 3. The number of carbonyl (C=O) groups excluding carboxylic acids is 1. The topological polar surface area (TPSA) is 41.6 Å². The van der Waals surface area contributed by atoms with Crippen LogP contribution in [0.3, 0.4) is 0 Å². The summed E-state index contributed by atoms with van der Waals surface area (Å²) < 4.78 is 6.98. The molecule has 0 aromatic heterocycles. The minimum atomic E-state index is -0.220.